The smallest absolute Gasteiger partial charge is 0.370 e. The summed E-state index contributed by atoms with van der Waals surface area (Å²) < 4.78 is 42.5. The maximum Gasteiger partial charge on any atom is 0.417 e. The van der Waals surface area contributed by atoms with E-state index in [0.29, 0.717) is 31.9 Å². The first-order valence-electron chi connectivity index (χ1n) is 7.54. The number of amides is 1. The SMILES string of the molecule is C[C@@H]1CCO[C@@H]1C(=O)NCCCNc1ccc(C(F)(F)F)cn1. The number of nitrogens with one attached hydrogen (secondary N) is 2. The van der Waals surface area contributed by atoms with Crippen LogP contribution in [0.3, 0.4) is 0 Å². The number of carbonyl (C=O) groups is 1. The number of aromatic nitrogens is 1. The molecule has 0 aliphatic carbocycles. The minimum atomic E-state index is -4.38. The molecule has 1 aliphatic heterocycles. The Bertz CT molecular complexity index is 520. The molecule has 0 spiro atoms. The van der Waals surface area contributed by atoms with Crippen LogP contribution in [0.15, 0.2) is 18.3 Å². The molecule has 1 fully saturated rings. The Morgan fingerprint density at radius 1 is 1.39 bits per heavy atom. The van der Waals surface area contributed by atoms with Crippen molar-refractivity contribution in [1.29, 1.82) is 0 Å². The van der Waals surface area contributed by atoms with Gasteiger partial charge in [0.25, 0.3) is 0 Å². The fraction of sp³-hybridized carbons (Fsp3) is 0.600. The Balaban J connectivity index is 1.65. The summed E-state index contributed by atoms with van der Waals surface area (Å²) >= 11 is 0. The van der Waals surface area contributed by atoms with Crippen molar-refractivity contribution in [3.8, 4) is 0 Å². The minimum Gasteiger partial charge on any atom is -0.370 e. The Morgan fingerprint density at radius 2 is 2.17 bits per heavy atom. The summed E-state index contributed by atoms with van der Waals surface area (Å²) in [6, 6.07) is 2.27. The van der Waals surface area contributed by atoms with Gasteiger partial charge in [0.15, 0.2) is 0 Å². The van der Waals surface area contributed by atoms with Gasteiger partial charge in [0.1, 0.15) is 11.9 Å². The monoisotopic (exact) mass is 331 g/mol. The summed E-state index contributed by atoms with van der Waals surface area (Å²) in [7, 11) is 0. The summed E-state index contributed by atoms with van der Waals surface area (Å²) in [5.41, 5.74) is -0.777. The summed E-state index contributed by atoms with van der Waals surface area (Å²) in [6.07, 6.45) is -2.44. The highest BCUT2D eigenvalue weighted by Crippen LogP contribution is 2.28. The van der Waals surface area contributed by atoms with Crippen molar-refractivity contribution in [1.82, 2.24) is 10.3 Å². The molecular weight excluding hydrogens is 311 g/mol. The predicted octanol–water partition coefficient (Wildman–Crippen LogP) is 2.44. The maximum atomic E-state index is 12.4. The van der Waals surface area contributed by atoms with Gasteiger partial charge in [-0.1, -0.05) is 6.92 Å². The van der Waals surface area contributed by atoms with Crippen LogP contribution in [0.4, 0.5) is 19.0 Å². The zero-order valence-electron chi connectivity index (χ0n) is 12.8. The van der Waals surface area contributed by atoms with E-state index in [2.05, 4.69) is 15.6 Å². The standard InChI is InChI=1S/C15H20F3N3O2/c1-10-5-8-23-13(10)14(22)20-7-2-6-19-12-4-3-11(9-21-12)15(16,17)18/h3-4,9-10,13H,2,5-8H2,1H3,(H,19,21)(H,20,22)/t10-,13+/m1/s1. The first-order valence-corrected chi connectivity index (χ1v) is 7.54. The molecule has 1 saturated heterocycles. The van der Waals surface area contributed by atoms with Gasteiger partial charge in [-0.15, -0.1) is 0 Å². The highest BCUT2D eigenvalue weighted by atomic mass is 19.4. The van der Waals surface area contributed by atoms with Gasteiger partial charge in [-0.05, 0) is 30.9 Å². The number of rotatable bonds is 6. The number of halogens is 3. The highest BCUT2D eigenvalue weighted by molar-refractivity contribution is 5.81. The van der Waals surface area contributed by atoms with E-state index >= 15 is 0 Å². The number of ether oxygens (including phenoxy) is 1. The van der Waals surface area contributed by atoms with E-state index in [9.17, 15) is 18.0 Å². The molecule has 8 heteroatoms. The van der Waals surface area contributed by atoms with E-state index in [1.165, 1.54) is 6.07 Å². The van der Waals surface area contributed by atoms with Crippen LogP contribution >= 0.6 is 0 Å². The third-order valence-corrected chi connectivity index (χ3v) is 3.70. The quantitative estimate of drug-likeness (QED) is 0.786. The van der Waals surface area contributed by atoms with Gasteiger partial charge in [0.05, 0.1) is 5.56 Å². The highest BCUT2D eigenvalue weighted by Gasteiger charge is 2.31. The molecule has 2 atom stereocenters. The molecule has 0 aromatic carbocycles. The zero-order valence-corrected chi connectivity index (χ0v) is 12.8. The second-order valence-electron chi connectivity index (χ2n) is 5.56. The van der Waals surface area contributed by atoms with Crippen molar-refractivity contribution < 1.29 is 22.7 Å². The molecule has 2 rings (SSSR count). The van der Waals surface area contributed by atoms with Crippen molar-refractivity contribution in [2.75, 3.05) is 25.0 Å². The Morgan fingerprint density at radius 3 is 2.74 bits per heavy atom. The van der Waals surface area contributed by atoms with Crippen LogP contribution in [0, 0.1) is 5.92 Å². The van der Waals surface area contributed by atoms with E-state index < -0.39 is 11.7 Å². The van der Waals surface area contributed by atoms with Gasteiger partial charge in [-0.25, -0.2) is 4.98 Å². The lowest BCUT2D eigenvalue weighted by Crippen LogP contribution is -2.38. The third-order valence-electron chi connectivity index (χ3n) is 3.70. The topological polar surface area (TPSA) is 63.2 Å². The largest absolute Gasteiger partial charge is 0.417 e. The van der Waals surface area contributed by atoms with E-state index in [1.54, 1.807) is 0 Å². The lowest BCUT2D eigenvalue weighted by Gasteiger charge is -2.14. The van der Waals surface area contributed by atoms with E-state index in [1.807, 2.05) is 6.92 Å². The second-order valence-corrected chi connectivity index (χ2v) is 5.56. The fourth-order valence-corrected chi connectivity index (χ4v) is 2.31. The second kappa shape index (κ2) is 7.63. The summed E-state index contributed by atoms with van der Waals surface area (Å²) in [4.78, 5) is 15.6. The molecule has 0 unspecified atom stereocenters. The molecule has 1 aromatic heterocycles. The van der Waals surface area contributed by atoms with Crippen LogP contribution in [0.1, 0.15) is 25.3 Å². The molecule has 2 heterocycles. The minimum absolute atomic E-state index is 0.109. The maximum absolute atomic E-state index is 12.4. The van der Waals surface area contributed by atoms with Crippen LogP contribution in [0.2, 0.25) is 0 Å². The normalized spacial score (nSPS) is 21.2. The van der Waals surface area contributed by atoms with Crippen molar-refractivity contribution in [2.24, 2.45) is 5.92 Å². The molecule has 1 amide bonds. The molecule has 23 heavy (non-hydrogen) atoms. The van der Waals surface area contributed by atoms with Gasteiger partial charge < -0.3 is 15.4 Å². The lowest BCUT2D eigenvalue weighted by atomic mass is 10.0. The summed E-state index contributed by atoms with van der Waals surface area (Å²) in [5.74, 6) is 0.490. The van der Waals surface area contributed by atoms with Crippen LogP contribution in [-0.4, -0.2) is 36.7 Å². The van der Waals surface area contributed by atoms with Crippen molar-refractivity contribution in [3.63, 3.8) is 0 Å². The van der Waals surface area contributed by atoms with E-state index in [0.717, 1.165) is 18.7 Å². The van der Waals surface area contributed by atoms with Crippen molar-refractivity contribution in [2.45, 2.75) is 32.0 Å². The van der Waals surface area contributed by atoms with Crippen molar-refractivity contribution >= 4 is 11.7 Å². The molecule has 0 bridgehead atoms. The van der Waals surface area contributed by atoms with E-state index in [-0.39, 0.29) is 17.9 Å². The molecule has 0 radical (unpaired) electrons. The Kier molecular flexibility index (Phi) is 5.81. The fourth-order valence-electron chi connectivity index (χ4n) is 2.31. The predicted molar refractivity (Wildman–Crippen MR) is 78.9 cm³/mol. The molecule has 128 valence electrons. The average Bonchev–Trinajstić information content (AvgIpc) is 2.92. The van der Waals surface area contributed by atoms with Crippen LogP contribution in [0.5, 0.6) is 0 Å². The molecule has 5 nitrogen and oxygen atoms in total. The average molecular weight is 331 g/mol. The third kappa shape index (κ3) is 5.09. The molecular formula is C15H20F3N3O2. The van der Waals surface area contributed by atoms with Gasteiger partial charge in [0.2, 0.25) is 5.91 Å². The van der Waals surface area contributed by atoms with Gasteiger partial charge in [0, 0.05) is 25.9 Å². The van der Waals surface area contributed by atoms with Gasteiger partial charge in [-0.2, -0.15) is 13.2 Å². The van der Waals surface area contributed by atoms with Crippen LogP contribution in [0.25, 0.3) is 0 Å². The molecule has 1 aliphatic rings. The Hall–Kier alpha value is -1.83. The number of hydrogen-bond donors (Lipinski definition) is 2. The number of nitrogens with zero attached hydrogens (tertiary/aromatic N) is 1. The summed E-state index contributed by atoms with van der Waals surface area (Å²) in [5, 5.41) is 5.71. The zero-order chi connectivity index (χ0) is 16.9. The lowest BCUT2D eigenvalue weighted by molar-refractivity contribution is -0.137. The number of alkyl halides is 3. The number of carbonyl (C=O) groups excluding carboxylic acids is 1. The van der Waals surface area contributed by atoms with E-state index in [4.69, 9.17) is 4.74 Å². The van der Waals surface area contributed by atoms with Crippen LogP contribution < -0.4 is 10.6 Å². The first kappa shape index (κ1) is 17.5. The number of pyridine rings is 1. The number of anilines is 1. The molecule has 1 aromatic rings. The summed E-state index contributed by atoms with van der Waals surface area (Å²) in [6.45, 7) is 3.56. The molecule has 0 saturated carbocycles. The molecule has 2 N–H and O–H groups in total. The number of hydrogen-bond acceptors (Lipinski definition) is 4. The van der Waals surface area contributed by atoms with Gasteiger partial charge >= 0.3 is 6.18 Å². The van der Waals surface area contributed by atoms with Crippen LogP contribution in [-0.2, 0) is 15.7 Å². The Labute approximate surface area is 132 Å². The van der Waals surface area contributed by atoms with Gasteiger partial charge in [-0.3, -0.25) is 4.79 Å². The first-order chi connectivity index (χ1) is 10.9. The van der Waals surface area contributed by atoms with Crippen molar-refractivity contribution in [3.05, 3.63) is 23.9 Å².